The van der Waals surface area contributed by atoms with Crippen LogP contribution in [0.25, 0.3) is 0 Å². The first kappa shape index (κ1) is 14.5. The van der Waals surface area contributed by atoms with Gasteiger partial charge < -0.3 is 5.32 Å². The van der Waals surface area contributed by atoms with Crippen LogP contribution in [0.4, 0.5) is 15.8 Å². The van der Waals surface area contributed by atoms with Gasteiger partial charge in [0.15, 0.2) is 0 Å². The average molecular weight is 339 g/mol. The van der Waals surface area contributed by atoms with Crippen molar-refractivity contribution in [3.05, 3.63) is 67.9 Å². The van der Waals surface area contributed by atoms with Crippen molar-refractivity contribution in [3.8, 4) is 0 Å². The average Bonchev–Trinajstić information content (AvgIpc) is 2.39. The predicted octanol–water partition coefficient (Wildman–Crippen LogP) is 4.42. The predicted molar refractivity (Wildman–Crippen MR) is 79.3 cm³/mol. The maximum absolute atomic E-state index is 13.9. The Balaban J connectivity index is 2.19. The summed E-state index contributed by atoms with van der Waals surface area (Å²) in [4.78, 5) is 9.96. The highest BCUT2D eigenvalue weighted by molar-refractivity contribution is 9.10. The van der Waals surface area contributed by atoms with Gasteiger partial charge in [0.1, 0.15) is 0 Å². The highest BCUT2D eigenvalue weighted by Gasteiger charge is 2.16. The van der Waals surface area contributed by atoms with E-state index in [1.165, 1.54) is 12.1 Å². The molecule has 0 saturated heterocycles. The van der Waals surface area contributed by atoms with Crippen LogP contribution >= 0.6 is 15.9 Å². The molecule has 20 heavy (non-hydrogen) atoms. The van der Waals surface area contributed by atoms with E-state index in [9.17, 15) is 14.5 Å². The third-order valence-electron chi connectivity index (χ3n) is 2.91. The Hall–Kier alpha value is -1.95. The van der Waals surface area contributed by atoms with E-state index < -0.39 is 16.4 Å². The summed E-state index contributed by atoms with van der Waals surface area (Å²) in [6.07, 6.45) is 0. The minimum atomic E-state index is -0.792. The zero-order chi connectivity index (χ0) is 14.7. The van der Waals surface area contributed by atoms with E-state index in [0.29, 0.717) is 0 Å². The summed E-state index contributed by atoms with van der Waals surface area (Å²) in [5.74, 6) is -0.792. The minimum absolute atomic E-state index is 0.190. The first-order valence-corrected chi connectivity index (χ1v) is 6.70. The van der Waals surface area contributed by atoms with Gasteiger partial charge in [0, 0.05) is 28.3 Å². The molecule has 104 valence electrons. The molecule has 0 saturated carbocycles. The molecule has 0 radical (unpaired) electrons. The fourth-order valence-corrected chi connectivity index (χ4v) is 2.34. The summed E-state index contributed by atoms with van der Waals surface area (Å²) in [6, 6.07) is 9.85. The quantitative estimate of drug-likeness (QED) is 0.663. The second-order valence-electron chi connectivity index (χ2n) is 4.32. The monoisotopic (exact) mass is 338 g/mol. The van der Waals surface area contributed by atoms with Gasteiger partial charge in [0.05, 0.1) is 4.92 Å². The lowest BCUT2D eigenvalue weighted by Crippen LogP contribution is -2.05. The van der Waals surface area contributed by atoms with Gasteiger partial charge in [-0.1, -0.05) is 28.1 Å². The normalized spacial score (nSPS) is 10.3. The van der Waals surface area contributed by atoms with Gasteiger partial charge in [-0.25, -0.2) is 0 Å². The Bertz CT molecular complexity index is 662. The maximum Gasteiger partial charge on any atom is 0.305 e. The third-order valence-corrected chi connectivity index (χ3v) is 3.41. The molecule has 0 aliphatic rings. The van der Waals surface area contributed by atoms with Gasteiger partial charge in [0.2, 0.25) is 5.82 Å². The molecular weight excluding hydrogens is 327 g/mol. The topological polar surface area (TPSA) is 55.2 Å². The van der Waals surface area contributed by atoms with Crippen LogP contribution in [0.3, 0.4) is 0 Å². The molecule has 0 amide bonds. The third kappa shape index (κ3) is 3.14. The van der Waals surface area contributed by atoms with Crippen molar-refractivity contribution >= 4 is 27.3 Å². The molecular formula is C14H12BrFN2O2. The standard InChI is InChI=1S/C14H12BrFN2O2/c1-9-7-11(15)5-6-12(9)17-8-10-3-2-4-13(14(10)16)18(19)20/h2-7,17H,8H2,1H3. The summed E-state index contributed by atoms with van der Waals surface area (Å²) in [5, 5.41) is 13.8. The number of nitrogens with one attached hydrogen (secondary N) is 1. The summed E-state index contributed by atoms with van der Waals surface area (Å²) < 4.78 is 14.9. The van der Waals surface area contributed by atoms with Gasteiger partial charge in [-0.2, -0.15) is 4.39 Å². The number of benzene rings is 2. The van der Waals surface area contributed by atoms with E-state index in [1.54, 1.807) is 0 Å². The lowest BCUT2D eigenvalue weighted by atomic mass is 10.1. The zero-order valence-corrected chi connectivity index (χ0v) is 12.3. The minimum Gasteiger partial charge on any atom is -0.381 e. The van der Waals surface area contributed by atoms with Crippen LogP contribution in [0, 0.1) is 22.9 Å². The Morgan fingerprint density at radius 2 is 2.10 bits per heavy atom. The van der Waals surface area contributed by atoms with Crippen molar-refractivity contribution < 1.29 is 9.31 Å². The Labute approximate surface area is 123 Å². The van der Waals surface area contributed by atoms with E-state index in [-0.39, 0.29) is 12.1 Å². The van der Waals surface area contributed by atoms with Crippen molar-refractivity contribution in [2.24, 2.45) is 0 Å². The fraction of sp³-hybridized carbons (Fsp3) is 0.143. The number of nitro groups is 1. The van der Waals surface area contributed by atoms with Crippen molar-refractivity contribution in [2.75, 3.05) is 5.32 Å². The molecule has 2 aromatic carbocycles. The van der Waals surface area contributed by atoms with Crippen molar-refractivity contribution in [1.82, 2.24) is 0 Å². The second-order valence-corrected chi connectivity index (χ2v) is 5.24. The molecule has 0 spiro atoms. The largest absolute Gasteiger partial charge is 0.381 e. The SMILES string of the molecule is Cc1cc(Br)ccc1NCc1cccc([N+](=O)[O-])c1F. The first-order chi connectivity index (χ1) is 9.49. The molecule has 4 nitrogen and oxygen atoms in total. The van der Waals surface area contributed by atoms with Crippen LogP contribution in [0.5, 0.6) is 0 Å². The first-order valence-electron chi connectivity index (χ1n) is 5.91. The molecule has 6 heteroatoms. The highest BCUT2D eigenvalue weighted by atomic mass is 79.9. The molecule has 2 rings (SSSR count). The van der Waals surface area contributed by atoms with E-state index in [0.717, 1.165) is 21.8 Å². The molecule has 0 unspecified atom stereocenters. The van der Waals surface area contributed by atoms with Crippen molar-refractivity contribution in [3.63, 3.8) is 0 Å². The van der Waals surface area contributed by atoms with Crippen LogP contribution in [-0.2, 0) is 6.54 Å². The van der Waals surface area contributed by atoms with Gasteiger partial charge in [0.25, 0.3) is 0 Å². The smallest absolute Gasteiger partial charge is 0.305 e. The number of hydrogen-bond acceptors (Lipinski definition) is 3. The second kappa shape index (κ2) is 6.00. The molecule has 0 aliphatic carbocycles. The van der Waals surface area contributed by atoms with Gasteiger partial charge in [-0.3, -0.25) is 10.1 Å². The molecule has 0 aromatic heterocycles. The van der Waals surface area contributed by atoms with E-state index in [1.807, 2.05) is 25.1 Å². The summed E-state index contributed by atoms with van der Waals surface area (Å²) >= 11 is 3.37. The summed E-state index contributed by atoms with van der Waals surface area (Å²) in [7, 11) is 0. The number of nitro benzene ring substituents is 1. The van der Waals surface area contributed by atoms with Gasteiger partial charge in [-0.15, -0.1) is 0 Å². The van der Waals surface area contributed by atoms with Crippen LogP contribution in [0.1, 0.15) is 11.1 Å². The van der Waals surface area contributed by atoms with Crippen molar-refractivity contribution in [2.45, 2.75) is 13.5 Å². The molecule has 0 heterocycles. The molecule has 0 fully saturated rings. The van der Waals surface area contributed by atoms with E-state index in [4.69, 9.17) is 0 Å². The maximum atomic E-state index is 13.9. The van der Waals surface area contributed by atoms with Crippen molar-refractivity contribution in [1.29, 1.82) is 0 Å². The molecule has 0 atom stereocenters. The fourth-order valence-electron chi connectivity index (χ4n) is 1.86. The Kier molecular flexibility index (Phi) is 4.34. The number of halogens is 2. The van der Waals surface area contributed by atoms with Gasteiger partial charge in [-0.05, 0) is 30.7 Å². The zero-order valence-electron chi connectivity index (χ0n) is 10.7. The molecule has 2 aromatic rings. The molecule has 0 aliphatic heterocycles. The van der Waals surface area contributed by atoms with E-state index >= 15 is 0 Å². The van der Waals surface area contributed by atoms with Crippen LogP contribution in [0.15, 0.2) is 40.9 Å². The number of rotatable bonds is 4. The molecule has 0 bridgehead atoms. The summed E-state index contributed by atoms with van der Waals surface area (Å²) in [6.45, 7) is 2.12. The number of anilines is 1. The number of hydrogen-bond donors (Lipinski definition) is 1. The van der Waals surface area contributed by atoms with Crippen LogP contribution in [0.2, 0.25) is 0 Å². The lowest BCUT2D eigenvalue weighted by molar-refractivity contribution is -0.387. The Morgan fingerprint density at radius 3 is 2.75 bits per heavy atom. The van der Waals surface area contributed by atoms with Crippen LogP contribution in [-0.4, -0.2) is 4.92 Å². The van der Waals surface area contributed by atoms with Gasteiger partial charge >= 0.3 is 5.69 Å². The summed E-state index contributed by atoms with van der Waals surface area (Å²) in [5.41, 5.74) is 1.63. The lowest BCUT2D eigenvalue weighted by Gasteiger charge is -2.10. The molecule has 1 N–H and O–H groups in total. The Morgan fingerprint density at radius 1 is 1.35 bits per heavy atom. The van der Waals surface area contributed by atoms with E-state index in [2.05, 4.69) is 21.2 Å². The van der Waals surface area contributed by atoms with Crippen LogP contribution < -0.4 is 5.32 Å². The highest BCUT2D eigenvalue weighted by Crippen LogP contribution is 2.23. The number of nitrogens with zero attached hydrogens (tertiary/aromatic N) is 1. The number of aryl methyl sites for hydroxylation is 1.